The van der Waals surface area contributed by atoms with Crippen molar-refractivity contribution in [1.29, 1.82) is 0 Å². The number of rotatable bonds is 3. The van der Waals surface area contributed by atoms with Crippen molar-refractivity contribution >= 4 is 35.2 Å². The maximum atomic E-state index is 13.1. The molecule has 2 aliphatic heterocycles. The molecule has 0 aromatic heterocycles. The molecule has 2 aromatic rings. The van der Waals surface area contributed by atoms with Crippen LogP contribution in [0, 0.1) is 6.92 Å². The summed E-state index contributed by atoms with van der Waals surface area (Å²) in [6.07, 6.45) is 1.39. The highest BCUT2D eigenvalue weighted by molar-refractivity contribution is 8.00. The molecular weight excluding hydrogens is 360 g/mol. The largest absolute Gasteiger partial charge is 0.327 e. The van der Waals surface area contributed by atoms with Crippen LogP contribution in [0.1, 0.15) is 28.8 Å². The Morgan fingerprint density at radius 2 is 1.85 bits per heavy atom. The van der Waals surface area contributed by atoms with E-state index in [4.69, 9.17) is 0 Å². The van der Waals surface area contributed by atoms with Gasteiger partial charge in [-0.2, -0.15) is 0 Å². The van der Waals surface area contributed by atoms with E-state index in [0.29, 0.717) is 24.2 Å². The third-order valence-electron chi connectivity index (χ3n) is 5.03. The zero-order chi connectivity index (χ0) is 19.0. The molecule has 2 aromatic carbocycles. The summed E-state index contributed by atoms with van der Waals surface area (Å²) in [6.45, 7) is 2.57. The van der Waals surface area contributed by atoms with Gasteiger partial charge in [0, 0.05) is 11.4 Å². The first-order chi connectivity index (χ1) is 13.1. The summed E-state index contributed by atoms with van der Waals surface area (Å²) >= 11 is 1.40. The number of fused-ring (bicyclic) bond motifs is 2. The minimum Gasteiger partial charge on any atom is -0.327 e. The van der Waals surface area contributed by atoms with Gasteiger partial charge in [0.25, 0.3) is 11.8 Å². The lowest BCUT2D eigenvalue weighted by atomic mass is 10.1. The van der Waals surface area contributed by atoms with Crippen molar-refractivity contribution in [2.75, 3.05) is 17.2 Å². The molecule has 0 spiro atoms. The molecule has 27 heavy (non-hydrogen) atoms. The Hall–Kier alpha value is -2.60. The van der Waals surface area contributed by atoms with E-state index in [1.165, 1.54) is 16.7 Å². The Balaban J connectivity index is 1.64. The number of anilines is 1. The quantitative estimate of drug-likeness (QED) is 0.767. The van der Waals surface area contributed by atoms with Crippen molar-refractivity contribution in [3.63, 3.8) is 0 Å². The van der Waals surface area contributed by atoms with Gasteiger partial charge >= 0.3 is 0 Å². The van der Waals surface area contributed by atoms with Crippen LogP contribution in [0.25, 0.3) is 0 Å². The van der Waals surface area contributed by atoms with Crippen molar-refractivity contribution in [2.45, 2.75) is 30.7 Å². The van der Waals surface area contributed by atoms with Crippen LogP contribution in [0.4, 0.5) is 5.69 Å². The molecule has 0 unspecified atom stereocenters. The molecule has 4 rings (SSSR count). The van der Waals surface area contributed by atoms with Gasteiger partial charge in [-0.25, -0.2) is 4.90 Å². The number of hydrogen-bond acceptors (Lipinski definition) is 4. The molecule has 6 heteroatoms. The number of benzene rings is 2. The van der Waals surface area contributed by atoms with Crippen molar-refractivity contribution in [1.82, 2.24) is 4.90 Å². The fourth-order valence-electron chi connectivity index (χ4n) is 3.64. The molecule has 1 atom stereocenters. The lowest BCUT2D eigenvalue weighted by Gasteiger charge is -2.24. The van der Waals surface area contributed by atoms with Gasteiger partial charge in [0.05, 0.1) is 17.0 Å². The van der Waals surface area contributed by atoms with Crippen LogP contribution in [0.3, 0.4) is 0 Å². The fourth-order valence-corrected chi connectivity index (χ4v) is 4.39. The smallest absolute Gasteiger partial charge is 0.256 e. The third kappa shape index (κ3) is 3.25. The van der Waals surface area contributed by atoms with E-state index in [1.807, 2.05) is 31.2 Å². The van der Waals surface area contributed by atoms with Gasteiger partial charge in [-0.05, 0) is 44.0 Å². The van der Waals surface area contributed by atoms with E-state index in [9.17, 15) is 14.4 Å². The summed E-state index contributed by atoms with van der Waals surface area (Å²) in [5.74, 6) is -0.604. The Kier molecular flexibility index (Phi) is 4.74. The Morgan fingerprint density at radius 1 is 1.11 bits per heavy atom. The molecule has 0 N–H and O–H groups in total. The number of nitrogens with zero attached hydrogens (tertiary/aromatic N) is 2. The predicted molar refractivity (Wildman–Crippen MR) is 105 cm³/mol. The highest BCUT2D eigenvalue weighted by Crippen LogP contribution is 2.33. The van der Waals surface area contributed by atoms with Gasteiger partial charge in [-0.1, -0.05) is 29.8 Å². The topological polar surface area (TPSA) is 57.7 Å². The number of amides is 3. The Morgan fingerprint density at radius 3 is 2.63 bits per heavy atom. The van der Waals surface area contributed by atoms with Gasteiger partial charge in [0.1, 0.15) is 6.04 Å². The Labute approximate surface area is 162 Å². The fraction of sp³-hybridized carbons (Fsp3) is 0.286. The molecule has 2 heterocycles. The molecule has 5 nitrogen and oxygen atoms in total. The van der Waals surface area contributed by atoms with Crippen LogP contribution in [0.2, 0.25) is 0 Å². The summed E-state index contributed by atoms with van der Waals surface area (Å²) in [5.41, 5.74) is 1.97. The number of imide groups is 1. The number of aryl methyl sites for hydroxylation is 1. The summed E-state index contributed by atoms with van der Waals surface area (Å²) in [5, 5.41) is 0. The normalized spacial score (nSPS) is 18.9. The summed E-state index contributed by atoms with van der Waals surface area (Å²) in [4.78, 5) is 42.8. The molecule has 1 saturated heterocycles. The van der Waals surface area contributed by atoms with Crippen LogP contribution < -0.4 is 4.90 Å². The Bertz CT molecular complexity index is 910. The van der Waals surface area contributed by atoms with Crippen LogP contribution in [0.5, 0.6) is 0 Å². The van der Waals surface area contributed by atoms with E-state index >= 15 is 0 Å². The van der Waals surface area contributed by atoms with Gasteiger partial charge < -0.3 is 4.90 Å². The molecule has 138 valence electrons. The van der Waals surface area contributed by atoms with Crippen LogP contribution in [-0.2, 0) is 9.59 Å². The van der Waals surface area contributed by atoms with Gasteiger partial charge in [0.2, 0.25) is 5.91 Å². The molecule has 1 fully saturated rings. The summed E-state index contributed by atoms with van der Waals surface area (Å²) in [6, 6.07) is 14.3. The van der Waals surface area contributed by atoms with Crippen molar-refractivity contribution in [3.8, 4) is 0 Å². The highest BCUT2D eigenvalue weighted by atomic mass is 32.2. The molecule has 0 saturated carbocycles. The standard InChI is InChI=1S/C21H20N2O3S/c1-14-8-10-15(11-9-14)27-13-19(24)23-17-6-3-2-5-16(17)20(25)22-12-4-7-18(22)21(23)26/h2-3,5-6,8-11,18H,4,7,12-13H2,1H3/t18-/m1/s1. The second kappa shape index (κ2) is 7.19. The summed E-state index contributed by atoms with van der Waals surface area (Å²) in [7, 11) is 0. The number of carbonyl (C=O) groups excluding carboxylic acids is 3. The molecule has 0 bridgehead atoms. The van der Waals surface area contributed by atoms with Crippen LogP contribution in [0.15, 0.2) is 53.4 Å². The van der Waals surface area contributed by atoms with Gasteiger partial charge in [0.15, 0.2) is 0 Å². The number of thioether (sulfide) groups is 1. The average Bonchev–Trinajstić information content (AvgIpc) is 3.14. The zero-order valence-corrected chi connectivity index (χ0v) is 15.9. The lowest BCUT2D eigenvalue weighted by Crippen LogP contribution is -2.47. The first kappa shape index (κ1) is 17.8. The molecule has 0 radical (unpaired) electrons. The van der Waals surface area contributed by atoms with E-state index < -0.39 is 6.04 Å². The van der Waals surface area contributed by atoms with Crippen molar-refractivity contribution in [2.24, 2.45) is 0 Å². The number of para-hydroxylation sites is 1. The SMILES string of the molecule is Cc1ccc(SCC(=O)N2C(=O)[C@H]3CCCN3C(=O)c3ccccc32)cc1. The monoisotopic (exact) mass is 380 g/mol. The molecule has 2 aliphatic rings. The van der Waals surface area contributed by atoms with Crippen molar-refractivity contribution < 1.29 is 14.4 Å². The maximum Gasteiger partial charge on any atom is 0.256 e. The molecular formula is C21H20N2O3S. The van der Waals surface area contributed by atoms with E-state index in [-0.39, 0.29) is 23.5 Å². The first-order valence-electron chi connectivity index (χ1n) is 9.02. The molecule has 0 aliphatic carbocycles. The third-order valence-corrected chi connectivity index (χ3v) is 6.02. The summed E-state index contributed by atoms with van der Waals surface area (Å²) < 4.78 is 0. The zero-order valence-electron chi connectivity index (χ0n) is 15.1. The van der Waals surface area contributed by atoms with Gasteiger partial charge in [-0.3, -0.25) is 14.4 Å². The van der Waals surface area contributed by atoms with Crippen molar-refractivity contribution in [3.05, 3.63) is 59.7 Å². The van der Waals surface area contributed by atoms with E-state index in [1.54, 1.807) is 29.2 Å². The number of hydrogen-bond donors (Lipinski definition) is 0. The van der Waals surface area contributed by atoms with E-state index in [2.05, 4.69) is 0 Å². The predicted octanol–water partition coefficient (Wildman–Crippen LogP) is 3.27. The highest BCUT2D eigenvalue weighted by Gasteiger charge is 2.43. The minimum atomic E-state index is -0.543. The van der Waals surface area contributed by atoms with Crippen LogP contribution >= 0.6 is 11.8 Å². The first-order valence-corrected chi connectivity index (χ1v) is 10.0. The van der Waals surface area contributed by atoms with Crippen LogP contribution in [-0.4, -0.2) is 41.0 Å². The second-order valence-corrected chi connectivity index (χ2v) is 7.89. The van der Waals surface area contributed by atoms with E-state index in [0.717, 1.165) is 16.9 Å². The maximum absolute atomic E-state index is 13.1. The lowest BCUT2D eigenvalue weighted by molar-refractivity contribution is -0.127. The van der Waals surface area contributed by atoms with Gasteiger partial charge in [-0.15, -0.1) is 11.8 Å². The average molecular weight is 380 g/mol. The second-order valence-electron chi connectivity index (χ2n) is 6.84. The number of carbonyl (C=O) groups is 3. The minimum absolute atomic E-state index is 0.143. The molecule has 3 amide bonds.